The molecular weight excluding hydrogens is 442 g/mol. The van der Waals surface area contributed by atoms with Crippen molar-refractivity contribution in [1.82, 2.24) is 15.1 Å². The molecule has 1 aliphatic heterocycles. The van der Waals surface area contributed by atoms with E-state index in [0.717, 1.165) is 11.1 Å². The summed E-state index contributed by atoms with van der Waals surface area (Å²) >= 11 is 0. The first-order valence-corrected chi connectivity index (χ1v) is 12.1. The minimum absolute atomic E-state index is 0.124. The maximum atomic E-state index is 13.4. The van der Waals surface area contributed by atoms with Gasteiger partial charge in [0.05, 0.1) is 11.1 Å². The number of carbonyl (C=O) groups is 4. The molecule has 0 bridgehead atoms. The molecule has 0 aromatic heterocycles. The van der Waals surface area contributed by atoms with E-state index in [4.69, 9.17) is 0 Å². The predicted octanol–water partition coefficient (Wildman–Crippen LogP) is 4.09. The van der Waals surface area contributed by atoms with E-state index in [1.807, 2.05) is 58.9 Å². The van der Waals surface area contributed by atoms with Gasteiger partial charge < -0.3 is 10.2 Å². The molecule has 186 valence electrons. The zero-order chi connectivity index (χ0) is 25.8. The molecule has 1 aliphatic rings. The van der Waals surface area contributed by atoms with Crippen molar-refractivity contribution >= 4 is 23.6 Å². The summed E-state index contributed by atoms with van der Waals surface area (Å²) in [6.45, 7) is 10.1. The van der Waals surface area contributed by atoms with Gasteiger partial charge in [-0.15, -0.1) is 0 Å². The van der Waals surface area contributed by atoms with Crippen molar-refractivity contribution in [3.05, 3.63) is 70.8 Å². The van der Waals surface area contributed by atoms with E-state index in [1.165, 1.54) is 4.90 Å². The number of carbonyl (C=O) groups excluding carboxylic acids is 4. The second-order valence-corrected chi connectivity index (χ2v) is 10.1. The van der Waals surface area contributed by atoms with Crippen LogP contribution in [0.3, 0.4) is 0 Å². The summed E-state index contributed by atoms with van der Waals surface area (Å²) in [5, 5.41) is 2.99. The summed E-state index contributed by atoms with van der Waals surface area (Å²) in [5.41, 5.74) is 2.43. The third-order valence-electron chi connectivity index (χ3n) is 6.01. The van der Waals surface area contributed by atoms with Crippen molar-refractivity contribution in [2.75, 3.05) is 6.54 Å². The minimum Gasteiger partial charge on any atom is -0.350 e. The molecule has 0 unspecified atom stereocenters. The van der Waals surface area contributed by atoms with Crippen LogP contribution in [0, 0.1) is 6.92 Å². The molecule has 0 saturated carbocycles. The average molecular weight is 478 g/mol. The molecule has 0 saturated heterocycles. The first-order valence-electron chi connectivity index (χ1n) is 12.1. The van der Waals surface area contributed by atoms with Crippen LogP contribution >= 0.6 is 0 Å². The molecule has 0 radical (unpaired) electrons. The Labute approximate surface area is 207 Å². The molecule has 0 fully saturated rings. The highest BCUT2D eigenvalue weighted by molar-refractivity contribution is 6.21. The average Bonchev–Trinajstić information content (AvgIpc) is 3.04. The molecule has 0 spiro atoms. The van der Waals surface area contributed by atoms with E-state index in [0.29, 0.717) is 30.5 Å². The van der Waals surface area contributed by atoms with Gasteiger partial charge >= 0.3 is 0 Å². The number of hydrogen-bond acceptors (Lipinski definition) is 4. The quantitative estimate of drug-likeness (QED) is 0.551. The molecule has 2 aromatic carbocycles. The monoisotopic (exact) mass is 477 g/mol. The lowest BCUT2D eigenvalue weighted by molar-refractivity contribution is -0.142. The molecule has 1 N–H and O–H groups in total. The Kier molecular flexibility index (Phi) is 8.10. The lowest BCUT2D eigenvalue weighted by Crippen LogP contribution is -2.53. The Morgan fingerprint density at radius 2 is 1.54 bits per heavy atom. The van der Waals surface area contributed by atoms with Gasteiger partial charge in [0.1, 0.15) is 6.04 Å². The largest absolute Gasteiger partial charge is 0.350 e. The summed E-state index contributed by atoms with van der Waals surface area (Å²) in [4.78, 5) is 54.5. The molecule has 7 nitrogen and oxygen atoms in total. The Morgan fingerprint density at radius 3 is 2.06 bits per heavy atom. The van der Waals surface area contributed by atoms with Gasteiger partial charge in [0.15, 0.2) is 0 Å². The predicted molar refractivity (Wildman–Crippen MR) is 135 cm³/mol. The normalized spacial score (nSPS) is 14.0. The van der Waals surface area contributed by atoms with Crippen LogP contribution in [0.4, 0.5) is 0 Å². The third kappa shape index (κ3) is 6.35. The Hall–Kier alpha value is -3.48. The van der Waals surface area contributed by atoms with Gasteiger partial charge in [-0.2, -0.15) is 0 Å². The van der Waals surface area contributed by atoms with Crippen LogP contribution in [-0.4, -0.2) is 51.6 Å². The summed E-state index contributed by atoms with van der Waals surface area (Å²) in [7, 11) is 0. The number of benzene rings is 2. The number of nitrogens with one attached hydrogen (secondary N) is 1. The van der Waals surface area contributed by atoms with Gasteiger partial charge in [-0.05, 0) is 58.2 Å². The van der Waals surface area contributed by atoms with Gasteiger partial charge in [0.2, 0.25) is 11.8 Å². The third-order valence-corrected chi connectivity index (χ3v) is 6.01. The highest BCUT2D eigenvalue weighted by Crippen LogP contribution is 2.23. The number of amides is 4. The molecule has 2 aromatic rings. The number of nitrogens with zero attached hydrogens (tertiary/aromatic N) is 2. The number of rotatable bonds is 9. The number of hydrogen-bond donors (Lipinski definition) is 1. The second-order valence-electron chi connectivity index (χ2n) is 10.1. The van der Waals surface area contributed by atoms with Gasteiger partial charge in [-0.3, -0.25) is 24.1 Å². The highest BCUT2D eigenvalue weighted by Gasteiger charge is 2.35. The van der Waals surface area contributed by atoms with Crippen LogP contribution in [0.5, 0.6) is 0 Å². The second kappa shape index (κ2) is 10.8. The Bertz CT molecular complexity index is 1070. The van der Waals surface area contributed by atoms with Crippen LogP contribution in [-0.2, 0) is 16.1 Å². The molecular formula is C28H35N3O4. The van der Waals surface area contributed by atoms with Crippen LogP contribution in [0.15, 0.2) is 48.5 Å². The summed E-state index contributed by atoms with van der Waals surface area (Å²) in [6.07, 6.45) is 0.919. The summed E-state index contributed by atoms with van der Waals surface area (Å²) in [5.74, 6) is -1.03. The molecule has 1 heterocycles. The molecule has 7 heteroatoms. The van der Waals surface area contributed by atoms with Gasteiger partial charge in [0.25, 0.3) is 11.8 Å². The number of aryl methyl sites for hydroxylation is 1. The standard InChI is InChI=1S/C28H35N3O4/c1-6-23(25(33)29-28(3,4)5)31(18-20-15-13-19(2)14-16-20)24(32)12-9-17-30-26(34)21-10-7-8-11-22(21)27(30)35/h7-8,10-11,13-16,23H,6,9,12,17-18H2,1-5H3,(H,29,33)/t23-/m0/s1. The lowest BCUT2D eigenvalue weighted by atomic mass is 10.0. The fraction of sp³-hybridized carbons (Fsp3) is 0.429. The molecule has 4 amide bonds. The van der Waals surface area contributed by atoms with E-state index < -0.39 is 11.6 Å². The smallest absolute Gasteiger partial charge is 0.261 e. The SMILES string of the molecule is CC[C@@H](C(=O)NC(C)(C)C)N(Cc1ccc(C)cc1)C(=O)CCCN1C(=O)c2ccccc2C1=O. The number of imide groups is 1. The lowest BCUT2D eigenvalue weighted by Gasteiger charge is -2.33. The van der Waals surface area contributed by atoms with E-state index in [1.54, 1.807) is 29.2 Å². The van der Waals surface area contributed by atoms with Crippen LogP contribution < -0.4 is 5.32 Å². The van der Waals surface area contributed by atoms with Crippen molar-refractivity contribution in [3.63, 3.8) is 0 Å². The topological polar surface area (TPSA) is 86.8 Å². The molecule has 35 heavy (non-hydrogen) atoms. The molecule has 3 rings (SSSR count). The van der Waals surface area contributed by atoms with E-state index in [9.17, 15) is 19.2 Å². The van der Waals surface area contributed by atoms with Gasteiger partial charge in [0, 0.05) is 25.0 Å². The van der Waals surface area contributed by atoms with Crippen molar-refractivity contribution < 1.29 is 19.2 Å². The van der Waals surface area contributed by atoms with Crippen molar-refractivity contribution in [2.24, 2.45) is 0 Å². The zero-order valence-corrected chi connectivity index (χ0v) is 21.3. The van der Waals surface area contributed by atoms with Crippen LogP contribution in [0.1, 0.15) is 78.8 Å². The maximum absolute atomic E-state index is 13.4. The first-order chi connectivity index (χ1) is 16.5. The van der Waals surface area contributed by atoms with Crippen LogP contribution in [0.25, 0.3) is 0 Å². The van der Waals surface area contributed by atoms with Gasteiger partial charge in [-0.25, -0.2) is 0 Å². The Balaban J connectivity index is 1.72. The van der Waals surface area contributed by atoms with Gasteiger partial charge in [-0.1, -0.05) is 48.9 Å². The van der Waals surface area contributed by atoms with Crippen molar-refractivity contribution in [1.29, 1.82) is 0 Å². The Morgan fingerprint density at radius 1 is 0.971 bits per heavy atom. The first kappa shape index (κ1) is 26.1. The van der Waals surface area contributed by atoms with E-state index in [2.05, 4.69) is 5.32 Å². The van der Waals surface area contributed by atoms with E-state index in [-0.39, 0.29) is 36.6 Å². The minimum atomic E-state index is -0.623. The van der Waals surface area contributed by atoms with Crippen LogP contribution in [0.2, 0.25) is 0 Å². The summed E-state index contributed by atoms with van der Waals surface area (Å²) < 4.78 is 0. The summed E-state index contributed by atoms with van der Waals surface area (Å²) in [6, 6.07) is 14.0. The fourth-order valence-electron chi connectivity index (χ4n) is 4.24. The zero-order valence-electron chi connectivity index (χ0n) is 21.3. The van der Waals surface area contributed by atoms with Crippen molar-refractivity contribution in [3.8, 4) is 0 Å². The van der Waals surface area contributed by atoms with Crippen molar-refractivity contribution in [2.45, 2.75) is 72.0 Å². The highest BCUT2D eigenvalue weighted by atomic mass is 16.2. The number of fused-ring (bicyclic) bond motifs is 1. The molecule has 0 aliphatic carbocycles. The van der Waals surface area contributed by atoms with E-state index >= 15 is 0 Å². The maximum Gasteiger partial charge on any atom is 0.261 e. The molecule has 1 atom stereocenters. The fourth-order valence-corrected chi connectivity index (χ4v) is 4.24.